The van der Waals surface area contributed by atoms with Crippen molar-refractivity contribution in [3.05, 3.63) is 83.0 Å². The molecule has 0 saturated carbocycles. The Morgan fingerprint density at radius 1 is 0.935 bits per heavy atom. The van der Waals surface area contributed by atoms with Gasteiger partial charge in [0.05, 0.1) is 25.3 Å². The first-order valence-corrected chi connectivity index (χ1v) is 9.63. The minimum absolute atomic E-state index is 0.359. The van der Waals surface area contributed by atoms with Gasteiger partial charge in [-0.1, -0.05) is 44.2 Å². The van der Waals surface area contributed by atoms with Gasteiger partial charge in [-0.2, -0.15) is 0 Å². The fraction of sp³-hybridized carbons (Fsp3) is 0.167. The van der Waals surface area contributed by atoms with E-state index in [1.54, 1.807) is 12.3 Å². The number of nitrogens with zero attached hydrogens (tertiary/aromatic N) is 2. The molecule has 0 aliphatic heterocycles. The molecular weight excluding hydrogens is 396 g/mol. The minimum atomic E-state index is -0.359. The molecule has 1 aromatic carbocycles. The third-order valence-electron chi connectivity index (χ3n) is 4.02. The molecule has 0 spiro atoms. The third-order valence-corrected chi connectivity index (χ3v) is 4.02. The van der Waals surface area contributed by atoms with Gasteiger partial charge in [0.2, 0.25) is 11.6 Å². The largest absolute Gasteiger partial charge is 0.496 e. The highest BCUT2D eigenvalue weighted by atomic mass is 16.5. The third kappa shape index (κ3) is 5.99. The van der Waals surface area contributed by atoms with E-state index in [4.69, 9.17) is 13.9 Å². The van der Waals surface area contributed by atoms with Gasteiger partial charge < -0.3 is 13.9 Å². The number of pyridine rings is 2. The van der Waals surface area contributed by atoms with Crippen LogP contribution >= 0.6 is 0 Å². The van der Waals surface area contributed by atoms with E-state index in [0.717, 1.165) is 10.9 Å². The standard InChI is InChI=1S/C14H9NO2.C8H9NO3.C2H6/c16-14-12(10-5-2-1-3-6-10)9-11-7-4-8-15-13(11)17-14;1-11-7-3-8(12-2)9-4-6(7)5-10;1-2/h1-9H;3-5H,1-2H3;1-2H3. The summed E-state index contributed by atoms with van der Waals surface area (Å²) in [5, 5.41) is 0.825. The van der Waals surface area contributed by atoms with Crippen molar-refractivity contribution < 1.29 is 18.7 Å². The highest BCUT2D eigenvalue weighted by Gasteiger charge is 2.07. The van der Waals surface area contributed by atoms with Crippen molar-refractivity contribution in [1.82, 2.24) is 9.97 Å². The number of carbonyl (C=O) groups is 1. The first-order valence-electron chi connectivity index (χ1n) is 9.63. The van der Waals surface area contributed by atoms with Crippen LogP contribution in [0.2, 0.25) is 0 Å². The predicted octanol–water partition coefficient (Wildman–Crippen LogP) is 4.79. The van der Waals surface area contributed by atoms with Gasteiger partial charge in [0, 0.05) is 23.8 Å². The van der Waals surface area contributed by atoms with Crippen LogP contribution in [0, 0.1) is 0 Å². The molecule has 160 valence electrons. The van der Waals surface area contributed by atoms with Gasteiger partial charge in [0.25, 0.3) is 0 Å². The van der Waals surface area contributed by atoms with Crippen molar-refractivity contribution in [2.45, 2.75) is 13.8 Å². The minimum Gasteiger partial charge on any atom is -0.496 e. The molecule has 0 radical (unpaired) electrons. The van der Waals surface area contributed by atoms with Crippen LogP contribution in [0.15, 0.2) is 76.2 Å². The van der Waals surface area contributed by atoms with Crippen LogP contribution in [0.5, 0.6) is 11.6 Å². The first kappa shape index (κ1) is 23.3. The van der Waals surface area contributed by atoms with Crippen LogP contribution in [0.3, 0.4) is 0 Å². The number of methoxy groups -OCH3 is 2. The zero-order chi connectivity index (χ0) is 22.6. The number of fused-ring (bicyclic) bond motifs is 1. The Morgan fingerprint density at radius 3 is 2.32 bits per heavy atom. The summed E-state index contributed by atoms with van der Waals surface area (Å²) in [6, 6.07) is 16.5. The Bertz CT molecular complexity index is 1170. The summed E-state index contributed by atoms with van der Waals surface area (Å²) in [4.78, 5) is 30.1. The van der Waals surface area contributed by atoms with Crippen LogP contribution in [-0.4, -0.2) is 30.5 Å². The molecule has 0 aliphatic carbocycles. The Hall–Kier alpha value is -4.00. The number of rotatable bonds is 4. The number of hydrogen-bond acceptors (Lipinski definition) is 7. The summed E-state index contributed by atoms with van der Waals surface area (Å²) in [6.07, 6.45) is 3.70. The molecule has 7 heteroatoms. The number of benzene rings is 1. The van der Waals surface area contributed by atoms with Crippen molar-refractivity contribution in [2.75, 3.05) is 14.2 Å². The Balaban J connectivity index is 0.000000216. The second-order valence-electron chi connectivity index (χ2n) is 5.80. The van der Waals surface area contributed by atoms with E-state index in [0.29, 0.717) is 34.8 Å². The molecule has 0 amide bonds. The maximum absolute atomic E-state index is 11.8. The van der Waals surface area contributed by atoms with Crippen molar-refractivity contribution in [3.8, 4) is 22.8 Å². The van der Waals surface area contributed by atoms with Crippen LogP contribution in [0.25, 0.3) is 22.2 Å². The van der Waals surface area contributed by atoms with E-state index in [1.807, 2.05) is 62.4 Å². The highest BCUT2D eigenvalue weighted by molar-refractivity contribution is 5.79. The van der Waals surface area contributed by atoms with Gasteiger partial charge in [-0.15, -0.1) is 0 Å². The van der Waals surface area contributed by atoms with E-state index in [-0.39, 0.29) is 5.63 Å². The predicted molar refractivity (Wildman–Crippen MR) is 120 cm³/mol. The molecule has 4 aromatic rings. The van der Waals surface area contributed by atoms with Gasteiger partial charge in [-0.3, -0.25) is 4.79 Å². The molecule has 0 bridgehead atoms. The lowest BCUT2D eigenvalue weighted by atomic mass is 10.1. The molecule has 31 heavy (non-hydrogen) atoms. The van der Waals surface area contributed by atoms with E-state index in [1.165, 1.54) is 20.4 Å². The summed E-state index contributed by atoms with van der Waals surface area (Å²) in [6.45, 7) is 4.00. The molecule has 3 aromatic heterocycles. The van der Waals surface area contributed by atoms with Gasteiger partial charge in [0.1, 0.15) is 5.75 Å². The number of aldehydes is 1. The summed E-state index contributed by atoms with van der Waals surface area (Å²) in [5.41, 5.74) is 1.84. The van der Waals surface area contributed by atoms with Crippen molar-refractivity contribution in [2.24, 2.45) is 0 Å². The lowest BCUT2D eigenvalue weighted by Crippen LogP contribution is -2.02. The highest BCUT2D eigenvalue weighted by Crippen LogP contribution is 2.20. The van der Waals surface area contributed by atoms with Crippen molar-refractivity contribution >= 4 is 17.4 Å². The summed E-state index contributed by atoms with van der Waals surface area (Å²) >= 11 is 0. The first-order chi connectivity index (χ1) is 15.2. The second-order valence-corrected chi connectivity index (χ2v) is 5.80. The maximum Gasteiger partial charge on any atom is 0.345 e. The quantitative estimate of drug-likeness (QED) is 0.438. The molecule has 4 rings (SSSR count). The normalized spacial score (nSPS) is 9.55. The zero-order valence-corrected chi connectivity index (χ0v) is 17.9. The topological polar surface area (TPSA) is 91.5 Å². The smallest absolute Gasteiger partial charge is 0.345 e. The van der Waals surface area contributed by atoms with Gasteiger partial charge in [-0.25, -0.2) is 14.8 Å². The van der Waals surface area contributed by atoms with E-state index >= 15 is 0 Å². The average molecular weight is 420 g/mol. The monoisotopic (exact) mass is 420 g/mol. The summed E-state index contributed by atoms with van der Waals surface area (Å²) in [5.74, 6) is 0.898. The Labute approximate surface area is 180 Å². The lowest BCUT2D eigenvalue weighted by Gasteiger charge is -2.04. The van der Waals surface area contributed by atoms with Gasteiger partial charge in [0.15, 0.2) is 6.29 Å². The Kier molecular flexibility index (Phi) is 8.91. The molecular formula is C24H24N2O5. The molecule has 7 nitrogen and oxygen atoms in total. The van der Waals surface area contributed by atoms with Crippen molar-refractivity contribution in [1.29, 1.82) is 0 Å². The molecule has 0 saturated heterocycles. The van der Waals surface area contributed by atoms with Gasteiger partial charge in [-0.05, 0) is 23.8 Å². The van der Waals surface area contributed by atoms with E-state index in [2.05, 4.69) is 9.97 Å². The second kappa shape index (κ2) is 11.9. The molecule has 0 unspecified atom stereocenters. The van der Waals surface area contributed by atoms with E-state index in [9.17, 15) is 9.59 Å². The number of carbonyl (C=O) groups excluding carboxylic acids is 1. The fourth-order valence-electron chi connectivity index (χ4n) is 2.58. The van der Waals surface area contributed by atoms with Crippen LogP contribution < -0.4 is 15.1 Å². The van der Waals surface area contributed by atoms with Crippen LogP contribution in [0.1, 0.15) is 24.2 Å². The number of hydrogen-bond donors (Lipinski definition) is 0. The molecule has 0 fully saturated rings. The SMILES string of the molecule is CC.COc1cc(OC)c(C=O)cn1.O=c1oc2ncccc2cc1-c1ccccc1. The van der Waals surface area contributed by atoms with Crippen LogP contribution in [-0.2, 0) is 0 Å². The molecule has 0 atom stereocenters. The Morgan fingerprint density at radius 2 is 1.68 bits per heavy atom. The number of ether oxygens (including phenoxy) is 2. The zero-order valence-electron chi connectivity index (χ0n) is 17.9. The fourth-order valence-corrected chi connectivity index (χ4v) is 2.58. The summed E-state index contributed by atoms with van der Waals surface area (Å²) < 4.78 is 15.0. The molecule has 0 N–H and O–H groups in total. The summed E-state index contributed by atoms with van der Waals surface area (Å²) in [7, 11) is 2.99. The number of aromatic nitrogens is 2. The van der Waals surface area contributed by atoms with Gasteiger partial charge >= 0.3 is 5.63 Å². The molecule has 3 heterocycles. The van der Waals surface area contributed by atoms with Crippen molar-refractivity contribution in [3.63, 3.8) is 0 Å². The molecule has 0 aliphatic rings. The van der Waals surface area contributed by atoms with Crippen LogP contribution in [0.4, 0.5) is 0 Å². The maximum atomic E-state index is 11.8. The van der Waals surface area contributed by atoms with E-state index < -0.39 is 0 Å². The lowest BCUT2D eigenvalue weighted by molar-refractivity contribution is 0.112. The average Bonchev–Trinajstić information content (AvgIpc) is 2.85.